The maximum atomic E-state index is 12.7. The number of dihydropyridines is 1. The summed E-state index contributed by atoms with van der Waals surface area (Å²) in [5, 5.41) is 13.2. The van der Waals surface area contributed by atoms with Gasteiger partial charge in [0.2, 0.25) is 0 Å². The molecule has 4 aliphatic rings. The van der Waals surface area contributed by atoms with Crippen molar-refractivity contribution in [3.8, 4) is 6.07 Å². The number of hydrogen-bond donors (Lipinski definition) is 1. The number of halogens is 1. The Balaban J connectivity index is 1.21. The van der Waals surface area contributed by atoms with Crippen molar-refractivity contribution in [2.75, 3.05) is 32.7 Å². The summed E-state index contributed by atoms with van der Waals surface area (Å²) >= 11 is 6.54. The van der Waals surface area contributed by atoms with E-state index in [4.69, 9.17) is 11.6 Å². The lowest BCUT2D eigenvalue weighted by molar-refractivity contribution is 0.0771. The zero-order chi connectivity index (χ0) is 20.7. The van der Waals surface area contributed by atoms with Crippen molar-refractivity contribution in [3.63, 3.8) is 0 Å². The van der Waals surface area contributed by atoms with Crippen LogP contribution in [0, 0.1) is 17.2 Å². The Labute approximate surface area is 182 Å². The first-order valence-electron chi connectivity index (χ1n) is 10.7. The number of piperazine rings is 1. The minimum absolute atomic E-state index is 0.0277. The van der Waals surface area contributed by atoms with Gasteiger partial charge in [0.1, 0.15) is 6.17 Å². The molecule has 156 valence electrons. The molecule has 7 heteroatoms. The highest BCUT2D eigenvalue weighted by Gasteiger charge is 2.34. The molecule has 1 aliphatic carbocycles. The molecule has 6 nitrogen and oxygen atoms in total. The van der Waals surface area contributed by atoms with Crippen LogP contribution in [0.5, 0.6) is 0 Å². The van der Waals surface area contributed by atoms with Crippen LogP contribution in [0.15, 0.2) is 36.1 Å². The fraction of sp³-hybridized carbons (Fsp3) is 0.478. The van der Waals surface area contributed by atoms with E-state index in [0.29, 0.717) is 23.0 Å². The molecule has 1 atom stereocenters. The fourth-order valence-electron chi connectivity index (χ4n) is 4.69. The van der Waals surface area contributed by atoms with Gasteiger partial charge in [0.05, 0.1) is 22.2 Å². The monoisotopic (exact) mass is 423 g/mol. The molecule has 0 aromatic heterocycles. The van der Waals surface area contributed by atoms with Gasteiger partial charge >= 0.3 is 0 Å². The minimum Gasteiger partial charge on any atom is -0.371 e. The van der Waals surface area contributed by atoms with Gasteiger partial charge in [-0.2, -0.15) is 5.26 Å². The SMILES string of the molecule is N#CC1=CC=CNC1N1CCN(Cc2cc(Cl)c3c(c2)CN(CC2CC2)C3=O)CC1. The second kappa shape index (κ2) is 8.07. The Morgan fingerprint density at radius 1 is 1.20 bits per heavy atom. The molecular formula is C23H26ClN5O. The molecule has 0 spiro atoms. The van der Waals surface area contributed by atoms with E-state index in [1.807, 2.05) is 29.3 Å². The fourth-order valence-corrected chi connectivity index (χ4v) is 5.04. The van der Waals surface area contributed by atoms with E-state index in [0.717, 1.165) is 50.4 Å². The summed E-state index contributed by atoms with van der Waals surface area (Å²) in [6, 6.07) is 6.44. The number of nitrogens with zero attached hydrogens (tertiary/aromatic N) is 4. The van der Waals surface area contributed by atoms with Gasteiger partial charge < -0.3 is 10.2 Å². The largest absolute Gasteiger partial charge is 0.371 e. The van der Waals surface area contributed by atoms with Gasteiger partial charge in [0, 0.05) is 45.8 Å². The number of allylic oxidation sites excluding steroid dienone is 2. The maximum absolute atomic E-state index is 12.7. The normalized spacial score (nSPS) is 24.4. The molecule has 1 amide bonds. The van der Waals surface area contributed by atoms with Crippen molar-refractivity contribution < 1.29 is 4.79 Å². The number of hydrogen-bond acceptors (Lipinski definition) is 5. The van der Waals surface area contributed by atoms with Crippen molar-refractivity contribution in [2.24, 2.45) is 5.92 Å². The molecule has 5 rings (SSSR count). The number of fused-ring (bicyclic) bond motifs is 1. The quantitative estimate of drug-likeness (QED) is 0.789. The molecule has 2 fully saturated rings. The molecule has 3 heterocycles. The Morgan fingerprint density at radius 3 is 2.73 bits per heavy atom. The van der Waals surface area contributed by atoms with Crippen molar-refractivity contribution >= 4 is 17.5 Å². The predicted octanol–water partition coefficient (Wildman–Crippen LogP) is 2.72. The van der Waals surface area contributed by atoms with Gasteiger partial charge in [-0.25, -0.2) is 0 Å². The van der Waals surface area contributed by atoms with Gasteiger partial charge in [-0.05, 0) is 54.3 Å². The molecule has 1 N–H and O–H groups in total. The van der Waals surface area contributed by atoms with Gasteiger partial charge in [0.15, 0.2) is 0 Å². The van der Waals surface area contributed by atoms with E-state index in [1.165, 1.54) is 18.4 Å². The first kappa shape index (κ1) is 19.6. The standard InChI is InChI=1S/C23H26ClN5O/c24-20-11-17(10-19-15-29(14-16-3-4-16)23(30)21(19)20)13-27-6-8-28(9-7-27)22-18(12-25)2-1-5-26-22/h1-2,5,10-11,16,22,26H,3-4,6-9,13-15H2. The summed E-state index contributed by atoms with van der Waals surface area (Å²) in [6.45, 7) is 6.05. The van der Waals surface area contributed by atoms with E-state index in [9.17, 15) is 10.1 Å². The number of nitrogens with one attached hydrogen (secondary N) is 1. The minimum atomic E-state index is -0.0277. The van der Waals surface area contributed by atoms with Crippen LogP contribution in [0.1, 0.15) is 34.3 Å². The smallest absolute Gasteiger partial charge is 0.256 e. The lowest BCUT2D eigenvalue weighted by Gasteiger charge is -2.39. The highest BCUT2D eigenvalue weighted by molar-refractivity contribution is 6.34. The second-order valence-electron chi connectivity index (χ2n) is 8.72. The topological polar surface area (TPSA) is 62.6 Å². The predicted molar refractivity (Wildman–Crippen MR) is 116 cm³/mol. The zero-order valence-electron chi connectivity index (χ0n) is 17.0. The van der Waals surface area contributed by atoms with Crippen LogP contribution in [-0.2, 0) is 13.1 Å². The number of rotatable bonds is 5. The molecule has 1 saturated carbocycles. The first-order chi connectivity index (χ1) is 14.6. The molecule has 0 bridgehead atoms. The van der Waals surface area contributed by atoms with Crippen LogP contribution in [0.2, 0.25) is 5.02 Å². The van der Waals surface area contributed by atoms with E-state index in [-0.39, 0.29) is 12.1 Å². The number of nitriles is 1. The average molecular weight is 424 g/mol. The second-order valence-corrected chi connectivity index (χ2v) is 9.12. The first-order valence-corrected chi connectivity index (χ1v) is 11.1. The van der Waals surface area contributed by atoms with Crippen LogP contribution in [-0.4, -0.2) is 59.5 Å². The molecule has 1 saturated heterocycles. The molecule has 1 aromatic rings. The lowest BCUT2D eigenvalue weighted by atomic mass is 10.0. The highest BCUT2D eigenvalue weighted by Crippen LogP contribution is 2.36. The van der Waals surface area contributed by atoms with Crippen molar-refractivity contribution in [1.29, 1.82) is 5.26 Å². The van der Waals surface area contributed by atoms with Crippen molar-refractivity contribution in [3.05, 3.63) is 57.8 Å². The third kappa shape index (κ3) is 3.85. The molecule has 1 aromatic carbocycles. The number of carbonyl (C=O) groups excluding carboxylic acids is 1. The average Bonchev–Trinajstić information content (AvgIpc) is 3.51. The third-order valence-corrected chi connectivity index (χ3v) is 6.80. The molecule has 1 unspecified atom stereocenters. The van der Waals surface area contributed by atoms with Crippen LogP contribution in [0.4, 0.5) is 0 Å². The molecule has 0 radical (unpaired) electrons. The van der Waals surface area contributed by atoms with E-state index >= 15 is 0 Å². The van der Waals surface area contributed by atoms with Gasteiger partial charge in [-0.1, -0.05) is 17.7 Å². The number of carbonyl (C=O) groups is 1. The van der Waals surface area contributed by atoms with Crippen LogP contribution in [0.25, 0.3) is 0 Å². The van der Waals surface area contributed by atoms with Crippen LogP contribution in [0.3, 0.4) is 0 Å². The Kier molecular flexibility index (Phi) is 5.28. The summed E-state index contributed by atoms with van der Waals surface area (Å²) in [4.78, 5) is 19.4. The summed E-state index contributed by atoms with van der Waals surface area (Å²) in [5.41, 5.74) is 3.71. The zero-order valence-corrected chi connectivity index (χ0v) is 17.7. The van der Waals surface area contributed by atoms with Gasteiger partial charge in [-0.3, -0.25) is 14.6 Å². The summed E-state index contributed by atoms with van der Waals surface area (Å²) in [6.07, 6.45) is 8.11. The van der Waals surface area contributed by atoms with Crippen molar-refractivity contribution in [1.82, 2.24) is 20.0 Å². The molecular weight excluding hydrogens is 398 g/mol. The van der Waals surface area contributed by atoms with Crippen LogP contribution < -0.4 is 5.32 Å². The maximum Gasteiger partial charge on any atom is 0.256 e. The van der Waals surface area contributed by atoms with E-state index in [2.05, 4.69) is 27.3 Å². The van der Waals surface area contributed by atoms with E-state index in [1.54, 1.807) is 0 Å². The molecule has 3 aliphatic heterocycles. The Hall–Kier alpha value is -2.33. The van der Waals surface area contributed by atoms with Gasteiger partial charge in [0.25, 0.3) is 5.91 Å². The summed E-state index contributed by atoms with van der Waals surface area (Å²) in [5.74, 6) is 0.779. The van der Waals surface area contributed by atoms with Gasteiger partial charge in [-0.15, -0.1) is 0 Å². The Morgan fingerprint density at radius 2 is 2.00 bits per heavy atom. The molecule has 30 heavy (non-hydrogen) atoms. The van der Waals surface area contributed by atoms with E-state index < -0.39 is 0 Å². The number of amides is 1. The summed E-state index contributed by atoms with van der Waals surface area (Å²) in [7, 11) is 0. The lowest BCUT2D eigenvalue weighted by Crippen LogP contribution is -2.54. The highest BCUT2D eigenvalue weighted by atomic mass is 35.5. The Bertz CT molecular complexity index is 953. The number of benzene rings is 1. The van der Waals surface area contributed by atoms with Crippen LogP contribution >= 0.6 is 11.6 Å². The summed E-state index contributed by atoms with van der Waals surface area (Å²) < 4.78 is 0. The third-order valence-electron chi connectivity index (χ3n) is 6.50. The van der Waals surface area contributed by atoms with Crippen molar-refractivity contribution in [2.45, 2.75) is 32.1 Å².